The fraction of sp³-hybridized carbons (Fsp3) is 0.370. The monoisotopic (exact) mass is 399 g/mol. The minimum atomic E-state index is 0.162. The van der Waals surface area contributed by atoms with Gasteiger partial charge < -0.3 is 5.32 Å². The number of hydrogen-bond donors (Lipinski definition) is 1. The third kappa shape index (κ3) is 4.27. The second kappa shape index (κ2) is 8.23. The number of rotatable bonds is 5. The lowest BCUT2D eigenvalue weighted by Gasteiger charge is -2.19. The summed E-state index contributed by atoms with van der Waals surface area (Å²) in [6.07, 6.45) is 5.76. The van der Waals surface area contributed by atoms with Gasteiger partial charge in [0.2, 0.25) is 0 Å². The predicted molar refractivity (Wildman–Crippen MR) is 125 cm³/mol. The molecular weight excluding hydrogens is 366 g/mol. The van der Waals surface area contributed by atoms with Crippen molar-refractivity contribution in [3.63, 3.8) is 0 Å². The van der Waals surface area contributed by atoms with E-state index in [2.05, 4.69) is 111 Å². The van der Waals surface area contributed by atoms with Crippen LogP contribution in [-0.2, 0) is 12.0 Å². The largest absolute Gasteiger partial charge is 0.306 e. The van der Waals surface area contributed by atoms with Gasteiger partial charge in [-0.1, -0.05) is 75.4 Å². The van der Waals surface area contributed by atoms with Gasteiger partial charge in [-0.25, -0.2) is 4.68 Å². The fourth-order valence-electron chi connectivity index (χ4n) is 4.45. The molecule has 0 spiro atoms. The zero-order chi connectivity index (χ0) is 21.3. The van der Waals surface area contributed by atoms with Crippen molar-refractivity contribution >= 4 is 0 Å². The van der Waals surface area contributed by atoms with Gasteiger partial charge >= 0.3 is 0 Å². The summed E-state index contributed by atoms with van der Waals surface area (Å²) in [5.41, 5.74) is 7.72. The van der Waals surface area contributed by atoms with Crippen LogP contribution in [-0.4, -0.2) is 15.8 Å². The first-order chi connectivity index (χ1) is 14.3. The molecule has 156 valence electrons. The van der Waals surface area contributed by atoms with E-state index in [9.17, 15) is 0 Å². The van der Waals surface area contributed by atoms with Gasteiger partial charge in [-0.15, -0.1) is 0 Å². The molecule has 0 bridgehead atoms. The van der Waals surface area contributed by atoms with E-state index in [4.69, 9.17) is 5.10 Å². The Morgan fingerprint density at radius 1 is 0.967 bits per heavy atom. The number of aromatic nitrogens is 2. The standard InChI is InChI=1S/C27H33N3/c1-19-26(22-11-14-24(17-22)28-18-21-9-7-6-8-10-21)20(2)30(29-19)25-15-12-23(13-16-25)27(3,4)5/h6-16,22,24,28H,17-18H2,1-5H3/t22-,24-/m1/s1. The van der Waals surface area contributed by atoms with Crippen LogP contribution in [0.1, 0.15) is 61.2 Å². The SMILES string of the molecule is Cc1nn(-c2ccc(C(C)(C)C)cc2)c(C)c1[C@@H]1C=C[C@@H](NCc2ccccc2)C1. The summed E-state index contributed by atoms with van der Waals surface area (Å²) < 4.78 is 2.11. The molecule has 0 unspecified atom stereocenters. The van der Waals surface area contributed by atoms with Crippen LogP contribution < -0.4 is 5.32 Å². The minimum Gasteiger partial charge on any atom is -0.306 e. The molecule has 1 heterocycles. The summed E-state index contributed by atoms with van der Waals surface area (Å²) in [6, 6.07) is 19.8. The lowest BCUT2D eigenvalue weighted by Crippen LogP contribution is -2.25. The van der Waals surface area contributed by atoms with Crippen molar-refractivity contribution in [1.29, 1.82) is 0 Å². The van der Waals surface area contributed by atoms with Crippen molar-refractivity contribution in [3.8, 4) is 5.69 Å². The van der Waals surface area contributed by atoms with Gasteiger partial charge in [0.05, 0.1) is 11.4 Å². The van der Waals surface area contributed by atoms with Crippen molar-refractivity contribution in [3.05, 3.63) is 94.8 Å². The summed E-state index contributed by atoms with van der Waals surface area (Å²) in [5, 5.41) is 8.58. The molecule has 3 aromatic rings. The Balaban J connectivity index is 1.48. The Morgan fingerprint density at radius 2 is 1.67 bits per heavy atom. The third-order valence-corrected chi connectivity index (χ3v) is 6.19. The molecule has 4 rings (SSSR count). The highest BCUT2D eigenvalue weighted by Gasteiger charge is 2.26. The van der Waals surface area contributed by atoms with Gasteiger partial charge in [-0.2, -0.15) is 5.10 Å². The Morgan fingerprint density at radius 3 is 2.33 bits per heavy atom. The zero-order valence-corrected chi connectivity index (χ0v) is 18.8. The zero-order valence-electron chi connectivity index (χ0n) is 18.8. The van der Waals surface area contributed by atoms with Gasteiger partial charge in [0.1, 0.15) is 0 Å². The van der Waals surface area contributed by atoms with Crippen LogP contribution in [0, 0.1) is 13.8 Å². The Kier molecular flexibility index (Phi) is 5.66. The summed E-state index contributed by atoms with van der Waals surface area (Å²) in [4.78, 5) is 0. The maximum Gasteiger partial charge on any atom is 0.0649 e. The highest BCUT2D eigenvalue weighted by atomic mass is 15.3. The molecule has 0 saturated heterocycles. The Bertz CT molecular complexity index is 1020. The van der Waals surface area contributed by atoms with Crippen molar-refractivity contribution in [1.82, 2.24) is 15.1 Å². The second-order valence-corrected chi connectivity index (χ2v) is 9.49. The van der Waals surface area contributed by atoms with E-state index >= 15 is 0 Å². The number of benzene rings is 2. The lowest BCUT2D eigenvalue weighted by atomic mass is 9.87. The third-order valence-electron chi connectivity index (χ3n) is 6.19. The molecule has 0 radical (unpaired) electrons. The Hall–Kier alpha value is -2.65. The van der Waals surface area contributed by atoms with Crippen LogP contribution >= 0.6 is 0 Å². The molecule has 3 heteroatoms. The van der Waals surface area contributed by atoms with Crippen LogP contribution in [0.4, 0.5) is 0 Å². The second-order valence-electron chi connectivity index (χ2n) is 9.49. The smallest absolute Gasteiger partial charge is 0.0649 e. The maximum atomic E-state index is 4.90. The van der Waals surface area contributed by atoms with Gasteiger partial charge in [-0.05, 0) is 48.9 Å². The van der Waals surface area contributed by atoms with Gasteiger partial charge in [-0.3, -0.25) is 0 Å². The minimum absolute atomic E-state index is 0.162. The highest BCUT2D eigenvalue weighted by Crippen LogP contribution is 2.34. The number of hydrogen-bond acceptors (Lipinski definition) is 2. The molecule has 2 aromatic carbocycles. The van der Waals surface area contributed by atoms with Crippen LogP contribution in [0.3, 0.4) is 0 Å². The summed E-state index contributed by atoms with van der Waals surface area (Å²) in [6.45, 7) is 12.0. The fourth-order valence-corrected chi connectivity index (χ4v) is 4.45. The maximum absolute atomic E-state index is 4.90. The molecule has 1 aliphatic rings. The van der Waals surface area contributed by atoms with E-state index in [1.165, 1.54) is 22.4 Å². The summed E-state index contributed by atoms with van der Waals surface area (Å²) in [7, 11) is 0. The topological polar surface area (TPSA) is 29.9 Å². The van der Waals surface area contributed by atoms with E-state index in [0.29, 0.717) is 12.0 Å². The van der Waals surface area contributed by atoms with Crippen molar-refractivity contribution in [2.45, 2.75) is 65.0 Å². The van der Waals surface area contributed by atoms with Crippen LogP contribution in [0.15, 0.2) is 66.7 Å². The van der Waals surface area contributed by atoms with Gasteiger partial charge in [0, 0.05) is 29.8 Å². The van der Waals surface area contributed by atoms with E-state index in [0.717, 1.165) is 24.3 Å². The predicted octanol–water partition coefficient (Wildman–Crippen LogP) is 5.99. The van der Waals surface area contributed by atoms with Gasteiger partial charge in [0.25, 0.3) is 0 Å². The first-order valence-electron chi connectivity index (χ1n) is 11.0. The van der Waals surface area contributed by atoms with Crippen LogP contribution in [0.5, 0.6) is 0 Å². The molecule has 30 heavy (non-hydrogen) atoms. The molecule has 1 N–H and O–H groups in total. The van der Waals surface area contributed by atoms with E-state index in [-0.39, 0.29) is 5.41 Å². The lowest BCUT2D eigenvalue weighted by molar-refractivity contribution is 0.559. The summed E-state index contributed by atoms with van der Waals surface area (Å²) in [5.74, 6) is 0.417. The van der Waals surface area contributed by atoms with Crippen LogP contribution in [0.25, 0.3) is 5.69 Å². The highest BCUT2D eigenvalue weighted by molar-refractivity contribution is 5.43. The molecule has 0 fully saturated rings. The van der Waals surface area contributed by atoms with Crippen molar-refractivity contribution in [2.75, 3.05) is 0 Å². The number of nitrogens with zero attached hydrogens (tertiary/aromatic N) is 2. The molecule has 1 aliphatic carbocycles. The molecule has 1 aromatic heterocycles. The molecule has 0 saturated carbocycles. The number of aryl methyl sites for hydroxylation is 1. The van der Waals surface area contributed by atoms with E-state index in [1.807, 2.05) is 0 Å². The quantitative estimate of drug-likeness (QED) is 0.534. The average Bonchev–Trinajstić information content (AvgIpc) is 3.30. The number of allylic oxidation sites excluding steroid dienone is 1. The molecular formula is C27H33N3. The first kappa shape index (κ1) is 20.6. The first-order valence-corrected chi connectivity index (χ1v) is 11.0. The number of nitrogens with one attached hydrogen (secondary N) is 1. The van der Waals surface area contributed by atoms with Crippen LogP contribution in [0.2, 0.25) is 0 Å². The molecule has 0 aliphatic heterocycles. The van der Waals surface area contributed by atoms with E-state index < -0.39 is 0 Å². The van der Waals surface area contributed by atoms with Crippen molar-refractivity contribution < 1.29 is 0 Å². The van der Waals surface area contributed by atoms with E-state index in [1.54, 1.807) is 0 Å². The molecule has 0 amide bonds. The average molecular weight is 400 g/mol. The normalized spacial score (nSPS) is 18.8. The summed E-state index contributed by atoms with van der Waals surface area (Å²) >= 11 is 0. The van der Waals surface area contributed by atoms with Crippen molar-refractivity contribution in [2.24, 2.45) is 0 Å². The van der Waals surface area contributed by atoms with Gasteiger partial charge in [0.15, 0.2) is 0 Å². The molecule has 3 nitrogen and oxygen atoms in total. The molecule has 2 atom stereocenters. The Labute approximate surface area is 180 Å².